The van der Waals surface area contributed by atoms with Crippen LogP contribution in [-0.2, 0) is 4.79 Å². The predicted molar refractivity (Wildman–Crippen MR) is 144 cm³/mol. The van der Waals surface area contributed by atoms with Crippen LogP contribution in [0.1, 0.15) is 12.5 Å². The fraction of sp³-hybridized carbons (Fsp3) is 0.308. The Morgan fingerprint density at radius 1 is 1.11 bits per heavy atom. The van der Waals surface area contributed by atoms with Gasteiger partial charge in [0.15, 0.2) is 10.8 Å². The average Bonchev–Trinajstić information content (AvgIpc) is 3.54. The Morgan fingerprint density at radius 3 is 2.62 bits per heavy atom. The van der Waals surface area contributed by atoms with Gasteiger partial charge in [0.25, 0.3) is 5.56 Å². The van der Waals surface area contributed by atoms with Gasteiger partial charge in [-0.25, -0.2) is 9.67 Å². The lowest BCUT2D eigenvalue weighted by molar-refractivity contribution is -0.132. The van der Waals surface area contributed by atoms with Gasteiger partial charge in [0.1, 0.15) is 11.1 Å². The van der Waals surface area contributed by atoms with Crippen LogP contribution < -0.4 is 15.2 Å². The Hall–Kier alpha value is -3.50. The number of thioether (sulfide) groups is 1. The van der Waals surface area contributed by atoms with Crippen LogP contribution in [0.15, 0.2) is 64.7 Å². The summed E-state index contributed by atoms with van der Waals surface area (Å²) in [7, 11) is 1.67. The zero-order valence-electron chi connectivity index (χ0n) is 20.2. The summed E-state index contributed by atoms with van der Waals surface area (Å²) in [5, 5.41) is 6.08. The predicted octanol–water partition coefficient (Wildman–Crippen LogP) is 3.63. The molecule has 4 aromatic rings. The number of nitrogens with zero attached hydrogens (tertiary/aromatic N) is 6. The van der Waals surface area contributed by atoms with Gasteiger partial charge in [-0.05, 0) is 36.4 Å². The second-order valence-electron chi connectivity index (χ2n) is 9.05. The highest BCUT2D eigenvalue weighted by atomic mass is 35.5. The monoisotopic (exact) mass is 536 g/mol. The van der Waals surface area contributed by atoms with Crippen LogP contribution in [0.25, 0.3) is 16.7 Å². The molecule has 2 aliphatic rings. The first-order chi connectivity index (χ1) is 18.0. The number of carbonyl (C=O) groups excluding carboxylic acids is 1. The first-order valence-electron chi connectivity index (χ1n) is 12.1. The van der Waals surface area contributed by atoms with Crippen molar-refractivity contribution in [3.05, 3.63) is 70.1 Å². The highest BCUT2D eigenvalue weighted by Gasteiger charge is 2.32. The van der Waals surface area contributed by atoms with Crippen molar-refractivity contribution in [3.8, 4) is 11.4 Å². The summed E-state index contributed by atoms with van der Waals surface area (Å²) < 4.78 is 8.81. The molecule has 4 heterocycles. The maximum absolute atomic E-state index is 13.4. The van der Waals surface area contributed by atoms with Crippen molar-refractivity contribution >= 4 is 46.0 Å². The van der Waals surface area contributed by atoms with Gasteiger partial charge in [0.2, 0.25) is 5.91 Å². The molecule has 1 unspecified atom stereocenters. The number of halogens is 1. The van der Waals surface area contributed by atoms with E-state index in [9.17, 15) is 9.59 Å². The maximum Gasteiger partial charge on any atom is 0.265 e. The lowest BCUT2D eigenvalue weighted by atomic mass is 10.1. The topological polar surface area (TPSA) is 85.5 Å². The second kappa shape index (κ2) is 9.75. The number of ether oxygens (including phenoxy) is 1. The number of anilines is 1. The van der Waals surface area contributed by atoms with Gasteiger partial charge in [0.05, 0.1) is 30.7 Å². The Bertz CT molecular complexity index is 1530. The number of para-hydroxylation sites is 2. The number of carbonyl (C=O) groups is 1. The van der Waals surface area contributed by atoms with Crippen LogP contribution in [0.3, 0.4) is 0 Å². The molecule has 2 aromatic heterocycles. The van der Waals surface area contributed by atoms with Gasteiger partial charge in [-0.3, -0.25) is 14.2 Å². The van der Waals surface area contributed by atoms with Crippen LogP contribution in [0.4, 0.5) is 5.69 Å². The molecular formula is C26H25ClN6O3S. The van der Waals surface area contributed by atoms with Gasteiger partial charge in [-0.2, -0.15) is 5.10 Å². The molecule has 1 atom stereocenters. The molecule has 0 spiro atoms. The van der Waals surface area contributed by atoms with Crippen molar-refractivity contribution < 1.29 is 9.53 Å². The van der Waals surface area contributed by atoms with E-state index in [1.807, 2.05) is 41.3 Å². The summed E-state index contributed by atoms with van der Waals surface area (Å²) in [6.45, 7) is 2.72. The number of hydrogen-bond donors (Lipinski definition) is 0. The molecule has 0 saturated carbocycles. The molecule has 1 amide bonds. The van der Waals surface area contributed by atoms with Crippen molar-refractivity contribution in [1.29, 1.82) is 0 Å². The van der Waals surface area contributed by atoms with Gasteiger partial charge in [0, 0.05) is 43.4 Å². The molecule has 6 rings (SSSR count). The number of hydrogen-bond acceptors (Lipinski definition) is 7. The zero-order chi connectivity index (χ0) is 25.5. The number of piperazine rings is 1. The molecule has 0 aliphatic carbocycles. The summed E-state index contributed by atoms with van der Waals surface area (Å²) in [5.74, 6) is 1.53. The molecule has 0 radical (unpaired) electrons. The van der Waals surface area contributed by atoms with Crippen LogP contribution in [0.2, 0.25) is 5.02 Å². The van der Waals surface area contributed by atoms with Crippen LogP contribution >= 0.6 is 23.4 Å². The lowest BCUT2D eigenvalue weighted by Gasteiger charge is -2.37. The second-order valence-corrected chi connectivity index (χ2v) is 10.5. The minimum atomic E-state index is -0.233. The van der Waals surface area contributed by atoms with E-state index in [1.165, 1.54) is 11.8 Å². The molecule has 1 fully saturated rings. The molecule has 37 heavy (non-hydrogen) atoms. The minimum absolute atomic E-state index is 0.0574. The van der Waals surface area contributed by atoms with Gasteiger partial charge < -0.3 is 14.5 Å². The van der Waals surface area contributed by atoms with E-state index < -0.39 is 0 Å². The SMILES string of the molecule is COc1ccccc1N1CCN(C(=O)CC2CSc3nc4c(cnn4-c4ccc(Cl)cc4)c(=O)n32)CC1. The smallest absolute Gasteiger partial charge is 0.265 e. The molecule has 0 bridgehead atoms. The average molecular weight is 537 g/mol. The molecule has 0 N–H and O–H groups in total. The highest BCUT2D eigenvalue weighted by Crippen LogP contribution is 2.34. The van der Waals surface area contributed by atoms with Gasteiger partial charge in [-0.15, -0.1) is 0 Å². The van der Waals surface area contributed by atoms with E-state index in [2.05, 4.69) is 10.00 Å². The van der Waals surface area contributed by atoms with Crippen LogP contribution in [0.5, 0.6) is 5.75 Å². The highest BCUT2D eigenvalue weighted by molar-refractivity contribution is 7.99. The molecule has 2 aliphatic heterocycles. The fourth-order valence-electron chi connectivity index (χ4n) is 4.97. The van der Waals surface area contributed by atoms with Gasteiger partial charge >= 0.3 is 0 Å². The number of aromatic nitrogens is 4. The Morgan fingerprint density at radius 2 is 1.86 bits per heavy atom. The number of benzene rings is 2. The Kier molecular flexibility index (Phi) is 6.29. The van der Waals surface area contributed by atoms with Crippen molar-refractivity contribution in [3.63, 3.8) is 0 Å². The van der Waals surface area contributed by atoms with Crippen molar-refractivity contribution in [2.24, 2.45) is 0 Å². The lowest BCUT2D eigenvalue weighted by Crippen LogP contribution is -2.49. The van der Waals surface area contributed by atoms with Crippen molar-refractivity contribution in [1.82, 2.24) is 24.2 Å². The fourth-order valence-corrected chi connectivity index (χ4v) is 6.23. The zero-order valence-corrected chi connectivity index (χ0v) is 21.8. The summed E-state index contributed by atoms with van der Waals surface area (Å²) in [4.78, 5) is 35.6. The normalized spacial score (nSPS) is 17.3. The van der Waals surface area contributed by atoms with E-state index in [0.29, 0.717) is 40.1 Å². The Labute approximate surface area is 222 Å². The molecular weight excluding hydrogens is 512 g/mol. The van der Waals surface area contributed by atoms with Gasteiger partial charge in [-0.1, -0.05) is 35.5 Å². The first-order valence-corrected chi connectivity index (χ1v) is 13.4. The quantitative estimate of drug-likeness (QED) is 0.360. The summed E-state index contributed by atoms with van der Waals surface area (Å²) in [6.07, 6.45) is 1.82. The molecule has 9 nitrogen and oxygen atoms in total. The molecule has 190 valence electrons. The van der Waals surface area contributed by atoms with E-state index in [1.54, 1.807) is 34.7 Å². The number of amides is 1. The molecule has 11 heteroatoms. The van der Waals surface area contributed by atoms with Crippen molar-refractivity contribution in [2.75, 3.05) is 43.9 Å². The molecule has 2 aromatic carbocycles. The van der Waals surface area contributed by atoms with Crippen molar-refractivity contribution in [2.45, 2.75) is 17.6 Å². The van der Waals surface area contributed by atoms with E-state index in [4.69, 9.17) is 21.3 Å². The first kappa shape index (κ1) is 23.9. The molecule has 1 saturated heterocycles. The summed E-state index contributed by atoms with van der Waals surface area (Å²) in [5.41, 5.74) is 2.16. The minimum Gasteiger partial charge on any atom is -0.495 e. The van der Waals surface area contributed by atoms with Crippen LogP contribution in [-0.4, -0.2) is 69.2 Å². The van der Waals surface area contributed by atoms with E-state index in [-0.39, 0.29) is 23.9 Å². The summed E-state index contributed by atoms with van der Waals surface area (Å²) >= 11 is 7.52. The van der Waals surface area contributed by atoms with E-state index in [0.717, 1.165) is 30.2 Å². The number of rotatable bonds is 5. The number of methoxy groups -OCH3 is 1. The third-order valence-electron chi connectivity index (χ3n) is 6.91. The number of fused-ring (bicyclic) bond motifs is 2. The summed E-state index contributed by atoms with van der Waals surface area (Å²) in [6, 6.07) is 14.9. The van der Waals surface area contributed by atoms with Crippen LogP contribution in [0, 0.1) is 0 Å². The van der Waals surface area contributed by atoms with E-state index >= 15 is 0 Å². The third-order valence-corrected chi connectivity index (χ3v) is 8.26. The Balaban J connectivity index is 1.18. The maximum atomic E-state index is 13.4. The third kappa shape index (κ3) is 4.34. The standard InChI is InChI=1S/C26H25ClN6O3S/c1-36-22-5-3-2-4-21(22)30-10-12-31(13-11-30)23(34)14-19-16-37-26-29-24-20(25(35)32(19)26)15-28-33(24)18-8-6-17(27)7-9-18/h2-9,15,19H,10-14,16H2,1H3. The largest absolute Gasteiger partial charge is 0.495 e.